The molecule has 0 spiro atoms. The molecule has 1 unspecified atom stereocenters. The van der Waals surface area contributed by atoms with E-state index in [2.05, 4.69) is 76.9 Å². The molecule has 17 heavy (non-hydrogen) atoms. The van der Waals surface area contributed by atoms with E-state index in [4.69, 9.17) is 0 Å². The molecule has 3 heteroatoms. The van der Waals surface area contributed by atoms with Gasteiger partial charge < -0.3 is 0 Å². The molecule has 1 aromatic carbocycles. The first-order valence-corrected chi connectivity index (χ1v) is 7.98. The van der Waals surface area contributed by atoms with Crippen LogP contribution < -0.4 is 0 Å². The third-order valence-electron chi connectivity index (χ3n) is 2.67. The Hall–Kier alpha value is -0.120. The van der Waals surface area contributed by atoms with Gasteiger partial charge in [-0.05, 0) is 55.7 Å². The molecule has 1 heterocycles. The van der Waals surface area contributed by atoms with Crippen molar-refractivity contribution in [2.45, 2.75) is 25.6 Å². The molecule has 0 saturated carbocycles. The molecule has 0 aliphatic rings. The lowest BCUT2D eigenvalue weighted by atomic mass is 10.1. The Morgan fingerprint density at radius 2 is 1.76 bits per heavy atom. The van der Waals surface area contributed by atoms with E-state index in [-0.39, 0.29) is 4.83 Å². The van der Waals surface area contributed by atoms with Gasteiger partial charge in [-0.1, -0.05) is 37.9 Å². The fourth-order valence-electron chi connectivity index (χ4n) is 1.97. The zero-order valence-corrected chi connectivity index (χ0v) is 14.0. The smallest absolute Gasteiger partial charge is 0.0741 e. The Bertz CT molecular complexity index is 523. The van der Waals surface area contributed by atoms with Crippen LogP contribution in [-0.4, -0.2) is 0 Å². The lowest BCUT2D eigenvalue weighted by Gasteiger charge is -2.11. The number of aryl methyl sites for hydroxylation is 3. The predicted octanol–water partition coefficient (Wildman–Crippen LogP) is 5.92. The molecule has 0 bridgehead atoms. The summed E-state index contributed by atoms with van der Waals surface area (Å²) < 4.78 is 1.14. The monoisotopic (exact) mass is 372 g/mol. The van der Waals surface area contributed by atoms with E-state index in [1.807, 2.05) is 11.3 Å². The summed E-state index contributed by atoms with van der Waals surface area (Å²) in [5, 5.41) is 0. The van der Waals surface area contributed by atoms with Crippen LogP contribution in [0.25, 0.3) is 0 Å². The molecule has 0 aliphatic carbocycles. The Balaban J connectivity index is 2.43. The third-order valence-corrected chi connectivity index (χ3v) is 5.63. The molecule has 0 nitrogen and oxygen atoms in total. The minimum atomic E-state index is 0.289. The molecule has 2 rings (SSSR count). The summed E-state index contributed by atoms with van der Waals surface area (Å²) in [5.41, 5.74) is 3.96. The first-order valence-electron chi connectivity index (χ1n) is 5.45. The van der Waals surface area contributed by atoms with Crippen LogP contribution in [0.5, 0.6) is 0 Å². The van der Waals surface area contributed by atoms with E-state index in [9.17, 15) is 0 Å². The minimum absolute atomic E-state index is 0.289. The van der Waals surface area contributed by atoms with Gasteiger partial charge in [-0.25, -0.2) is 0 Å². The van der Waals surface area contributed by atoms with Crippen molar-refractivity contribution in [2.75, 3.05) is 0 Å². The van der Waals surface area contributed by atoms with Crippen LogP contribution in [0.4, 0.5) is 0 Å². The maximum absolute atomic E-state index is 3.82. The second-order valence-electron chi connectivity index (χ2n) is 4.33. The molecule has 2 aromatic rings. The van der Waals surface area contributed by atoms with Crippen LogP contribution in [-0.2, 0) is 0 Å². The summed E-state index contributed by atoms with van der Waals surface area (Å²) in [6.07, 6.45) is 0. The van der Waals surface area contributed by atoms with Crippen LogP contribution in [0, 0.1) is 20.8 Å². The van der Waals surface area contributed by atoms with Crippen molar-refractivity contribution in [1.82, 2.24) is 0 Å². The molecule has 0 aliphatic heterocycles. The highest BCUT2D eigenvalue weighted by Crippen LogP contribution is 2.38. The maximum atomic E-state index is 3.82. The van der Waals surface area contributed by atoms with Gasteiger partial charge in [0.05, 0.1) is 4.83 Å². The Labute approximate surface area is 123 Å². The lowest BCUT2D eigenvalue weighted by molar-refractivity contribution is 1.18. The van der Waals surface area contributed by atoms with Gasteiger partial charge in [0.15, 0.2) is 0 Å². The molecule has 0 amide bonds. The van der Waals surface area contributed by atoms with Gasteiger partial charge in [0.25, 0.3) is 0 Å². The number of alkyl halides is 1. The molecular formula is C14H14Br2S. The van der Waals surface area contributed by atoms with Crippen LogP contribution in [0.1, 0.15) is 31.3 Å². The number of hydrogen-bond acceptors (Lipinski definition) is 1. The molecule has 0 saturated heterocycles. The van der Waals surface area contributed by atoms with E-state index >= 15 is 0 Å². The zero-order valence-electron chi connectivity index (χ0n) is 10.1. The average molecular weight is 374 g/mol. The summed E-state index contributed by atoms with van der Waals surface area (Å²) in [7, 11) is 0. The molecule has 1 aromatic heterocycles. The quantitative estimate of drug-likeness (QED) is 0.573. The van der Waals surface area contributed by atoms with Crippen molar-refractivity contribution < 1.29 is 0 Å². The summed E-state index contributed by atoms with van der Waals surface area (Å²) in [5.74, 6) is 0. The van der Waals surface area contributed by atoms with Crippen LogP contribution in [0.2, 0.25) is 0 Å². The van der Waals surface area contributed by atoms with Gasteiger partial charge in [-0.15, -0.1) is 11.3 Å². The Kier molecular flexibility index (Phi) is 4.11. The fraction of sp³-hybridized carbons (Fsp3) is 0.286. The topological polar surface area (TPSA) is 0 Å². The second-order valence-corrected chi connectivity index (χ2v) is 7.45. The standard InChI is InChI=1S/C14H14Br2S/c1-8-4-11(7-12(15)5-8)13(16)14-9(2)6-10(3)17-14/h4-7,13H,1-3H3. The highest BCUT2D eigenvalue weighted by Gasteiger charge is 2.16. The normalized spacial score (nSPS) is 12.8. The molecular weight excluding hydrogens is 360 g/mol. The van der Waals surface area contributed by atoms with Crippen molar-refractivity contribution in [3.63, 3.8) is 0 Å². The summed E-state index contributed by atoms with van der Waals surface area (Å²) in [6, 6.07) is 8.80. The van der Waals surface area contributed by atoms with Gasteiger partial charge in [-0.2, -0.15) is 0 Å². The van der Waals surface area contributed by atoms with E-state index in [0.717, 1.165) is 4.47 Å². The van der Waals surface area contributed by atoms with E-state index in [0.29, 0.717) is 0 Å². The highest BCUT2D eigenvalue weighted by atomic mass is 79.9. The van der Waals surface area contributed by atoms with E-state index < -0.39 is 0 Å². The Morgan fingerprint density at radius 1 is 1.06 bits per heavy atom. The highest BCUT2D eigenvalue weighted by molar-refractivity contribution is 9.10. The van der Waals surface area contributed by atoms with Crippen molar-refractivity contribution in [3.05, 3.63) is 55.2 Å². The van der Waals surface area contributed by atoms with Gasteiger partial charge >= 0.3 is 0 Å². The minimum Gasteiger partial charge on any atom is -0.144 e. The summed E-state index contributed by atoms with van der Waals surface area (Å²) in [6.45, 7) is 6.46. The van der Waals surface area contributed by atoms with Gasteiger partial charge in [0.1, 0.15) is 0 Å². The lowest BCUT2D eigenvalue weighted by Crippen LogP contribution is -1.92. The number of halogens is 2. The summed E-state index contributed by atoms with van der Waals surface area (Å²) in [4.78, 5) is 3.06. The molecule has 0 fully saturated rings. The number of rotatable bonds is 2. The van der Waals surface area contributed by atoms with Crippen molar-refractivity contribution in [3.8, 4) is 0 Å². The van der Waals surface area contributed by atoms with Crippen LogP contribution >= 0.6 is 43.2 Å². The predicted molar refractivity (Wildman–Crippen MR) is 83.4 cm³/mol. The largest absolute Gasteiger partial charge is 0.144 e. The van der Waals surface area contributed by atoms with Crippen molar-refractivity contribution >= 4 is 43.2 Å². The number of thiophene rings is 1. The molecule has 90 valence electrons. The van der Waals surface area contributed by atoms with E-state index in [1.54, 1.807) is 0 Å². The second kappa shape index (κ2) is 5.25. The summed E-state index contributed by atoms with van der Waals surface area (Å²) >= 11 is 9.24. The van der Waals surface area contributed by atoms with Crippen LogP contribution in [0.3, 0.4) is 0 Å². The number of benzene rings is 1. The maximum Gasteiger partial charge on any atom is 0.0741 e. The van der Waals surface area contributed by atoms with E-state index in [1.165, 1.54) is 26.4 Å². The Morgan fingerprint density at radius 3 is 2.29 bits per heavy atom. The third kappa shape index (κ3) is 3.01. The average Bonchev–Trinajstić information content (AvgIpc) is 2.55. The fourth-order valence-corrected chi connectivity index (χ4v) is 4.55. The number of hydrogen-bond donors (Lipinski definition) is 0. The first kappa shape index (κ1) is 13.3. The van der Waals surface area contributed by atoms with Gasteiger partial charge in [-0.3, -0.25) is 0 Å². The van der Waals surface area contributed by atoms with Crippen molar-refractivity contribution in [2.24, 2.45) is 0 Å². The van der Waals surface area contributed by atoms with Crippen LogP contribution in [0.15, 0.2) is 28.7 Å². The SMILES string of the molecule is Cc1cc(Br)cc(C(Br)c2sc(C)cc2C)c1. The molecule has 0 N–H and O–H groups in total. The molecule has 1 atom stereocenters. The molecule has 0 radical (unpaired) electrons. The first-order chi connectivity index (χ1) is 7.97. The van der Waals surface area contributed by atoms with Crippen molar-refractivity contribution in [1.29, 1.82) is 0 Å². The van der Waals surface area contributed by atoms with Gasteiger partial charge in [0, 0.05) is 14.2 Å². The zero-order chi connectivity index (χ0) is 12.6. The van der Waals surface area contributed by atoms with Gasteiger partial charge in [0.2, 0.25) is 0 Å².